The van der Waals surface area contributed by atoms with Gasteiger partial charge < -0.3 is 10.8 Å². The van der Waals surface area contributed by atoms with Gasteiger partial charge >= 0.3 is 0 Å². The molecule has 0 aliphatic heterocycles. The highest BCUT2D eigenvalue weighted by molar-refractivity contribution is 5.43. The Morgan fingerprint density at radius 3 is 2.54 bits per heavy atom. The van der Waals surface area contributed by atoms with Gasteiger partial charge in [-0.1, -0.05) is 32.0 Å². The third-order valence-corrected chi connectivity index (χ3v) is 2.48. The predicted octanol–water partition coefficient (Wildman–Crippen LogP) is 1.94. The van der Waals surface area contributed by atoms with Crippen LogP contribution < -0.4 is 5.73 Å². The Kier molecular flexibility index (Phi) is 2.62. The molecule has 0 spiro atoms. The Labute approximate surface area is 79.4 Å². The zero-order valence-corrected chi connectivity index (χ0v) is 8.46. The molecule has 0 fully saturated rings. The van der Waals surface area contributed by atoms with Gasteiger partial charge in [0, 0.05) is 17.5 Å². The van der Waals surface area contributed by atoms with Crippen LogP contribution >= 0.6 is 0 Å². The first-order valence-corrected chi connectivity index (χ1v) is 4.48. The van der Waals surface area contributed by atoms with Crippen molar-refractivity contribution in [2.45, 2.75) is 26.2 Å². The average Bonchev–Trinajstić information content (AvgIpc) is 2.09. The lowest BCUT2D eigenvalue weighted by molar-refractivity contribution is 0.435. The highest BCUT2D eigenvalue weighted by Gasteiger charge is 2.22. The van der Waals surface area contributed by atoms with Crippen LogP contribution in [-0.2, 0) is 5.41 Å². The molecular weight excluding hydrogens is 162 g/mol. The van der Waals surface area contributed by atoms with Crippen molar-refractivity contribution in [3.05, 3.63) is 29.3 Å². The molecular formula is C11H17NO. The summed E-state index contributed by atoms with van der Waals surface area (Å²) in [5.41, 5.74) is 7.32. The van der Waals surface area contributed by atoms with E-state index in [1.165, 1.54) is 0 Å². The lowest BCUT2D eigenvalue weighted by atomic mass is 9.83. The number of phenols is 1. The molecule has 3 N–H and O–H groups in total. The molecule has 2 nitrogen and oxygen atoms in total. The summed E-state index contributed by atoms with van der Waals surface area (Å²) in [7, 11) is 0. The van der Waals surface area contributed by atoms with E-state index in [0.717, 1.165) is 11.1 Å². The highest BCUT2D eigenvalue weighted by atomic mass is 16.3. The Balaban J connectivity index is 3.22. The highest BCUT2D eigenvalue weighted by Crippen LogP contribution is 2.32. The number of aryl methyl sites for hydroxylation is 1. The first kappa shape index (κ1) is 10.1. The number of phenolic OH excluding ortho intramolecular Hbond substituents is 1. The number of hydrogen-bond acceptors (Lipinski definition) is 2. The fourth-order valence-corrected chi connectivity index (χ4v) is 1.32. The van der Waals surface area contributed by atoms with Crippen molar-refractivity contribution in [2.75, 3.05) is 6.54 Å². The molecule has 1 rings (SSSR count). The zero-order chi connectivity index (χ0) is 10.1. The SMILES string of the molecule is Cc1cccc(C(C)(C)CN)c1O. The van der Waals surface area contributed by atoms with Crippen LogP contribution in [0.5, 0.6) is 5.75 Å². The molecule has 0 radical (unpaired) electrons. The van der Waals surface area contributed by atoms with Crippen LogP contribution in [0.1, 0.15) is 25.0 Å². The second kappa shape index (κ2) is 3.38. The van der Waals surface area contributed by atoms with E-state index in [-0.39, 0.29) is 5.41 Å². The minimum absolute atomic E-state index is 0.157. The van der Waals surface area contributed by atoms with Crippen molar-refractivity contribution >= 4 is 0 Å². The van der Waals surface area contributed by atoms with Crippen molar-refractivity contribution in [3.8, 4) is 5.75 Å². The summed E-state index contributed by atoms with van der Waals surface area (Å²) in [4.78, 5) is 0. The molecule has 2 heteroatoms. The van der Waals surface area contributed by atoms with Crippen LogP contribution in [0.15, 0.2) is 18.2 Å². The monoisotopic (exact) mass is 179 g/mol. The number of rotatable bonds is 2. The second-order valence-electron chi connectivity index (χ2n) is 4.06. The fourth-order valence-electron chi connectivity index (χ4n) is 1.32. The molecule has 0 aromatic heterocycles. The minimum atomic E-state index is -0.157. The van der Waals surface area contributed by atoms with Gasteiger partial charge in [-0.2, -0.15) is 0 Å². The first-order valence-electron chi connectivity index (χ1n) is 4.48. The van der Waals surface area contributed by atoms with Gasteiger partial charge in [-0.15, -0.1) is 0 Å². The number of para-hydroxylation sites is 1. The molecule has 0 amide bonds. The molecule has 0 atom stereocenters. The molecule has 0 aliphatic carbocycles. The maximum atomic E-state index is 9.81. The van der Waals surface area contributed by atoms with Crippen molar-refractivity contribution in [1.82, 2.24) is 0 Å². The van der Waals surface area contributed by atoms with E-state index in [1.807, 2.05) is 39.0 Å². The van der Waals surface area contributed by atoms with Gasteiger partial charge in [0.1, 0.15) is 5.75 Å². The Morgan fingerprint density at radius 1 is 1.38 bits per heavy atom. The molecule has 0 aliphatic rings. The molecule has 0 unspecified atom stereocenters. The second-order valence-corrected chi connectivity index (χ2v) is 4.06. The lowest BCUT2D eigenvalue weighted by Gasteiger charge is -2.24. The van der Waals surface area contributed by atoms with E-state index >= 15 is 0 Å². The van der Waals surface area contributed by atoms with E-state index in [1.54, 1.807) is 0 Å². The number of aromatic hydroxyl groups is 1. The maximum Gasteiger partial charge on any atom is 0.122 e. The van der Waals surface area contributed by atoms with E-state index in [0.29, 0.717) is 12.3 Å². The van der Waals surface area contributed by atoms with Gasteiger partial charge in [0.2, 0.25) is 0 Å². The van der Waals surface area contributed by atoms with E-state index in [9.17, 15) is 5.11 Å². The Hall–Kier alpha value is -1.02. The topological polar surface area (TPSA) is 46.2 Å². The zero-order valence-electron chi connectivity index (χ0n) is 8.46. The van der Waals surface area contributed by atoms with Crippen LogP contribution in [0.4, 0.5) is 0 Å². The summed E-state index contributed by atoms with van der Waals surface area (Å²) in [6.07, 6.45) is 0. The number of nitrogens with two attached hydrogens (primary N) is 1. The van der Waals surface area contributed by atoms with Crippen LogP contribution in [0.2, 0.25) is 0 Å². The number of benzene rings is 1. The summed E-state index contributed by atoms with van der Waals surface area (Å²) in [5, 5.41) is 9.81. The average molecular weight is 179 g/mol. The smallest absolute Gasteiger partial charge is 0.122 e. The minimum Gasteiger partial charge on any atom is -0.507 e. The van der Waals surface area contributed by atoms with Crippen LogP contribution in [-0.4, -0.2) is 11.7 Å². The van der Waals surface area contributed by atoms with Gasteiger partial charge in [-0.3, -0.25) is 0 Å². The van der Waals surface area contributed by atoms with E-state index < -0.39 is 0 Å². The van der Waals surface area contributed by atoms with E-state index in [4.69, 9.17) is 5.73 Å². The molecule has 1 aromatic carbocycles. The van der Waals surface area contributed by atoms with Gasteiger partial charge in [0.25, 0.3) is 0 Å². The van der Waals surface area contributed by atoms with Crippen LogP contribution in [0.25, 0.3) is 0 Å². The summed E-state index contributed by atoms with van der Waals surface area (Å²) >= 11 is 0. The summed E-state index contributed by atoms with van der Waals surface area (Å²) in [5.74, 6) is 0.373. The van der Waals surface area contributed by atoms with Crippen molar-refractivity contribution in [3.63, 3.8) is 0 Å². The Bertz CT molecular complexity index is 305. The lowest BCUT2D eigenvalue weighted by Crippen LogP contribution is -2.28. The molecule has 72 valence electrons. The van der Waals surface area contributed by atoms with E-state index in [2.05, 4.69) is 0 Å². The molecule has 0 saturated heterocycles. The van der Waals surface area contributed by atoms with Gasteiger partial charge in [0.05, 0.1) is 0 Å². The normalized spacial score (nSPS) is 11.7. The van der Waals surface area contributed by atoms with Crippen molar-refractivity contribution in [2.24, 2.45) is 5.73 Å². The molecule has 1 aromatic rings. The fraction of sp³-hybridized carbons (Fsp3) is 0.455. The summed E-state index contributed by atoms with van der Waals surface area (Å²) < 4.78 is 0. The Morgan fingerprint density at radius 2 is 2.00 bits per heavy atom. The summed E-state index contributed by atoms with van der Waals surface area (Å²) in [6, 6.07) is 5.77. The standard InChI is InChI=1S/C11H17NO/c1-8-5-4-6-9(10(8)13)11(2,3)7-12/h4-6,13H,7,12H2,1-3H3. The third kappa shape index (κ3) is 1.83. The first-order chi connectivity index (χ1) is 5.99. The maximum absolute atomic E-state index is 9.81. The van der Waals surface area contributed by atoms with Crippen molar-refractivity contribution < 1.29 is 5.11 Å². The molecule has 0 bridgehead atoms. The largest absolute Gasteiger partial charge is 0.507 e. The van der Waals surface area contributed by atoms with Gasteiger partial charge in [-0.05, 0) is 12.5 Å². The van der Waals surface area contributed by atoms with Crippen LogP contribution in [0, 0.1) is 6.92 Å². The molecule has 13 heavy (non-hydrogen) atoms. The number of hydrogen-bond donors (Lipinski definition) is 2. The molecule has 0 heterocycles. The molecule has 0 saturated carbocycles. The predicted molar refractivity (Wildman–Crippen MR) is 54.9 cm³/mol. The van der Waals surface area contributed by atoms with Crippen LogP contribution in [0.3, 0.4) is 0 Å². The quantitative estimate of drug-likeness (QED) is 0.728. The summed E-state index contributed by atoms with van der Waals surface area (Å²) in [6.45, 7) is 6.48. The van der Waals surface area contributed by atoms with Gasteiger partial charge in [0.15, 0.2) is 0 Å². The third-order valence-electron chi connectivity index (χ3n) is 2.48. The van der Waals surface area contributed by atoms with Gasteiger partial charge in [-0.25, -0.2) is 0 Å². The van der Waals surface area contributed by atoms with Crippen molar-refractivity contribution in [1.29, 1.82) is 0 Å².